The van der Waals surface area contributed by atoms with Gasteiger partial charge in [-0.1, -0.05) is 376 Å². The van der Waals surface area contributed by atoms with E-state index in [1.165, 1.54) is 238 Å². The molecule has 0 amide bonds. The number of hydrogen-bond donors (Lipinski definition) is 3. The molecule has 0 saturated carbocycles. The highest BCUT2D eigenvalue weighted by Gasteiger charge is 2.30. The Morgan fingerprint density at radius 1 is 0.287 bits per heavy atom. The number of aliphatic hydroxyl groups is 1. The number of phosphoric acid groups is 2. The monoisotopic (exact) mass is 1480 g/mol. The molecule has 0 aliphatic rings. The Hall–Kier alpha value is -1.94. The van der Waals surface area contributed by atoms with E-state index in [-0.39, 0.29) is 25.7 Å². The van der Waals surface area contributed by atoms with E-state index in [1.807, 2.05) is 0 Å². The molecule has 3 unspecified atom stereocenters. The van der Waals surface area contributed by atoms with Gasteiger partial charge in [-0.2, -0.15) is 0 Å². The third kappa shape index (κ3) is 74.7. The number of hydrogen-bond acceptors (Lipinski definition) is 15. The van der Waals surface area contributed by atoms with Crippen molar-refractivity contribution in [3.05, 3.63) is 0 Å². The number of esters is 4. The van der Waals surface area contributed by atoms with Crippen molar-refractivity contribution in [1.29, 1.82) is 0 Å². The van der Waals surface area contributed by atoms with Gasteiger partial charge in [0.15, 0.2) is 12.2 Å². The highest BCUT2D eigenvalue weighted by Crippen LogP contribution is 2.45. The Balaban J connectivity index is 5.22. The largest absolute Gasteiger partial charge is 0.472 e. The Kier molecular flexibility index (Phi) is 70.9. The van der Waals surface area contributed by atoms with Gasteiger partial charge in [-0.3, -0.25) is 37.3 Å². The van der Waals surface area contributed by atoms with E-state index >= 15 is 0 Å². The van der Waals surface area contributed by atoms with Gasteiger partial charge in [0.25, 0.3) is 0 Å². The van der Waals surface area contributed by atoms with E-state index in [2.05, 4.69) is 48.5 Å². The number of aliphatic hydroxyl groups excluding tert-OH is 1. The Labute approximate surface area is 619 Å². The van der Waals surface area contributed by atoms with Crippen LogP contribution in [0.4, 0.5) is 0 Å². The van der Waals surface area contributed by atoms with Gasteiger partial charge < -0.3 is 33.8 Å². The first-order valence-electron chi connectivity index (χ1n) is 42.4. The Morgan fingerprint density at radius 3 is 0.752 bits per heavy atom. The third-order valence-corrected chi connectivity index (χ3v) is 21.4. The maximum absolute atomic E-state index is 13.1. The van der Waals surface area contributed by atoms with E-state index in [1.54, 1.807) is 0 Å². The van der Waals surface area contributed by atoms with Gasteiger partial charge in [0.2, 0.25) is 0 Å². The smallest absolute Gasteiger partial charge is 0.462 e. The van der Waals surface area contributed by atoms with Crippen LogP contribution in [-0.2, 0) is 65.4 Å². The fourth-order valence-electron chi connectivity index (χ4n) is 12.6. The molecule has 600 valence electrons. The first kappa shape index (κ1) is 99.1. The Bertz CT molecular complexity index is 1960. The predicted octanol–water partition coefficient (Wildman–Crippen LogP) is 24.5. The van der Waals surface area contributed by atoms with Crippen molar-refractivity contribution in [1.82, 2.24) is 0 Å². The summed E-state index contributed by atoms with van der Waals surface area (Å²) in [5.41, 5.74) is 0. The summed E-state index contributed by atoms with van der Waals surface area (Å²) in [7, 11) is -9.92. The topological polar surface area (TPSA) is 237 Å². The van der Waals surface area contributed by atoms with Crippen molar-refractivity contribution in [2.75, 3.05) is 39.6 Å². The number of ether oxygens (including phenoxy) is 4. The molecule has 0 radical (unpaired) electrons. The van der Waals surface area contributed by atoms with Crippen molar-refractivity contribution in [2.45, 2.75) is 446 Å². The second-order valence-electron chi connectivity index (χ2n) is 30.7. The van der Waals surface area contributed by atoms with Crippen LogP contribution in [0.5, 0.6) is 0 Å². The molecule has 101 heavy (non-hydrogen) atoms. The molecule has 0 aromatic heterocycles. The summed E-state index contributed by atoms with van der Waals surface area (Å²) >= 11 is 0. The van der Waals surface area contributed by atoms with E-state index < -0.39 is 97.5 Å². The van der Waals surface area contributed by atoms with E-state index in [4.69, 9.17) is 37.0 Å². The van der Waals surface area contributed by atoms with E-state index in [0.717, 1.165) is 108 Å². The van der Waals surface area contributed by atoms with Gasteiger partial charge in [-0.25, -0.2) is 9.13 Å². The summed E-state index contributed by atoms with van der Waals surface area (Å²) in [6.07, 6.45) is 61.0. The van der Waals surface area contributed by atoms with Crippen LogP contribution in [0, 0.1) is 17.8 Å². The van der Waals surface area contributed by atoms with Crippen LogP contribution in [0.2, 0.25) is 0 Å². The quantitative estimate of drug-likeness (QED) is 0.0222. The zero-order valence-corrected chi connectivity index (χ0v) is 68.2. The van der Waals surface area contributed by atoms with Gasteiger partial charge in [0, 0.05) is 25.7 Å². The van der Waals surface area contributed by atoms with Crippen LogP contribution in [0.3, 0.4) is 0 Å². The molecule has 0 aliphatic carbocycles. The molecule has 0 saturated heterocycles. The molecule has 0 aliphatic heterocycles. The zero-order valence-electron chi connectivity index (χ0n) is 66.4. The maximum Gasteiger partial charge on any atom is 0.472 e. The van der Waals surface area contributed by atoms with Gasteiger partial charge >= 0.3 is 39.5 Å². The molecule has 0 spiro atoms. The molecule has 0 fully saturated rings. The van der Waals surface area contributed by atoms with E-state index in [0.29, 0.717) is 25.7 Å². The SMILES string of the molecule is CCCCCCCCCCCCCCCC(=O)O[C@H](COC(=O)CCCCCCCCCCC(C)C)COP(=O)(O)OC[C@H](O)COP(=O)(O)OC[C@@H](COC(=O)CCCCCCCCCCCCCCC(C)C)OC(=O)CCCCCCCCCCCCCCCCCCCCC(C)CC. The summed E-state index contributed by atoms with van der Waals surface area (Å²) in [4.78, 5) is 73.0. The number of carbonyl (C=O) groups is 4. The van der Waals surface area contributed by atoms with Gasteiger partial charge in [0.05, 0.1) is 26.4 Å². The predicted molar refractivity (Wildman–Crippen MR) is 414 cm³/mol. The average molecular weight is 1480 g/mol. The normalized spacial score (nSPS) is 14.2. The fraction of sp³-hybridized carbons (Fsp3) is 0.951. The summed E-state index contributed by atoms with van der Waals surface area (Å²) in [5, 5.41) is 10.6. The standard InChI is InChI=1S/C82H160O17P2/c1-8-10-11-12-13-14-15-22-30-35-44-51-58-65-81(86)99-78(70-93-80(85)64-57-50-43-38-37-40-47-54-61-74(5)6)72-97-101(90,91)95-68-76(83)67-94-100(88,89)96-71-77(69-92-79(84)63-56-49-42-34-29-26-25-27-32-39-46-53-60-73(3)4)98-82(87)66-59-52-45-36-31-24-21-19-17-16-18-20-23-28-33-41-48-55-62-75(7)9-2/h73-78,83H,8-72H2,1-7H3,(H,88,89)(H,90,91)/t75?,76-,77-,78-/m1/s1. The third-order valence-electron chi connectivity index (χ3n) is 19.5. The molecule has 0 rings (SSSR count). The number of phosphoric ester groups is 2. The molecule has 19 heteroatoms. The minimum absolute atomic E-state index is 0.107. The number of unbranched alkanes of at least 4 members (excludes halogenated alkanes) is 47. The minimum Gasteiger partial charge on any atom is -0.462 e. The van der Waals surface area contributed by atoms with Crippen LogP contribution in [-0.4, -0.2) is 96.7 Å². The van der Waals surface area contributed by atoms with Crippen molar-refractivity contribution < 1.29 is 80.2 Å². The van der Waals surface area contributed by atoms with Crippen LogP contribution < -0.4 is 0 Å². The molecular weight excluding hydrogens is 1320 g/mol. The molecule has 0 bridgehead atoms. The first-order chi connectivity index (χ1) is 48.8. The van der Waals surface area contributed by atoms with Crippen LogP contribution in [0.1, 0.15) is 427 Å². The van der Waals surface area contributed by atoms with Crippen molar-refractivity contribution in [2.24, 2.45) is 17.8 Å². The van der Waals surface area contributed by atoms with Gasteiger partial charge in [0.1, 0.15) is 19.3 Å². The molecule has 6 atom stereocenters. The lowest BCUT2D eigenvalue weighted by Crippen LogP contribution is -2.30. The molecule has 0 aromatic rings. The van der Waals surface area contributed by atoms with Crippen molar-refractivity contribution >= 4 is 39.5 Å². The van der Waals surface area contributed by atoms with Crippen LogP contribution >= 0.6 is 15.6 Å². The number of carbonyl (C=O) groups excluding carboxylic acids is 4. The highest BCUT2D eigenvalue weighted by molar-refractivity contribution is 7.47. The molecular formula is C82H160O17P2. The summed E-state index contributed by atoms with van der Waals surface area (Å²) in [5.74, 6) is 0.270. The lowest BCUT2D eigenvalue weighted by molar-refractivity contribution is -0.161. The molecule has 3 N–H and O–H groups in total. The Morgan fingerprint density at radius 2 is 0.505 bits per heavy atom. The summed E-state index contributed by atoms with van der Waals surface area (Å²) < 4.78 is 68.7. The molecule has 0 aromatic carbocycles. The fourth-order valence-corrected chi connectivity index (χ4v) is 14.2. The van der Waals surface area contributed by atoms with Crippen molar-refractivity contribution in [3.8, 4) is 0 Å². The lowest BCUT2D eigenvalue weighted by Gasteiger charge is -2.21. The number of rotatable bonds is 80. The second kappa shape index (κ2) is 72.3. The molecule has 17 nitrogen and oxygen atoms in total. The highest BCUT2D eigenvalue weighted by atomic mass is 31.2. The van der Waals surface area contributed by atoms with Crippen molar-refractivity contribution in [3.63, 3.8) is 0 Å². The lowest BCUT2D eigenvalue weighted by atomic mass is 9.99. The summed E-state index contributed by atoms with van der Waals surface area (Å²) in [6, 6.07) is 0. The van der Waals surface area contributed by atoms with Crippen LogP contribution in [0.15, 0.2) is 0 Å². The van der Waals surface area contributed by atoms with Crippen LogP contribution in [0.25, 0.3) is 0 Å². The first-order valence-corrected chi connectivity index (χ1v) is 45.4. The second-order valence-corrected chi connectivity index (χ2v) is 33.6. The average Bonchev–Trinajstić information content (AvgIpc) is 0.918. The minimum atomic E-state index is -4.96. The maximum atomic E-state index is 13.1. The zero-order chi connectivity index (χ0) is 74.4. The summed E-state index contributed by atoms with van der Waals surface area (Å²) in [6.45, 7) is 12.0. The van der Waals surface area contributed by atoms with Gasteiger partial charge in [-0.05, 0) is 43.4 Å². The van der Waals surface area contributed by atoms with E-state index in [9.17, 15) is 43.2 Å². The van der Waals surface area contributed by atoms with Gasteiger partial charge in [-0.15, -0.1) is 0 Å². The molecule has 0 heterocycles.